The molecule has 0 bridgehead atoms. The van der Waals surface area contributed by atoms with Gasteiger partial charge < -0.3 is 9.67 Å². The maximum atomic E-state index is 10.9. The predicted molar refractivity (Wildman–Crippen MR) is 110 cm³/mol. The van der Waals surface area contributed by atoms with Crippen LogP contribution in [0.15, 0.2) is 79.5 Å². The number of nitrogens with zero attached hydrogens (tertiary/aromatic N) is 4. The second-order valence-electron chi connectivity index (χ2n) is 6.74. The second kappa shape index (κ2) is 6.78. The zero-order valence-electron chi connectivity index (χ0n) is 15.2. The quantitative estimate of drug-likeness (QED) is 0.505. The van der Waals surface area contributed by atoms with E-state index in [9.17, 15) is 5.11 Å². The highest BCUT2D eigenvalue weighted by atomic mass is 16.3. The molecule has 0 spiro atoms. The Morgan fingerprint density at radius 1 is 0.821 bits per heavy atom. The molecule has 0 atom stereocenters. The van der Waals surface area contributed by atoms with Crippen LogP contribution in [0.3, 0.4) is 0 Å². The van der Waals surface area contributed by atoms with Gasteiger partial charge in [-0.05, 0) is 53.4 Å². The van der Waals surface area contributed by atoms with E-state index in [1.807, 2.05) is 59.4 Å². The third kappa shape index (κ3) is 2.77. The maximum Gasteiger partial charge on any atom is 0.201 e. The van der Waals surface area contributed by atoms with Crippen molar-refractivity contribution >= 4 is 21.8 Å². The van der Waals surface area contributed by atoms with Gasteiger partial charge in [-0.1, -0.05) is 18.2 Å². The minimum atomic E-state index is 0.244. The molecule has 5 aromatic rings. The van der Waals surface area contributed by atoms with Gasteiger partial charge in [-0.25, -0.2) is 0 Å². The molecule has 4 aromatic heterocycles. The van der Waals surface area contributed by atoms with Gasteiger partial charge in [0.2, 0.25) is 5.88 Å². The lowest BCUT2D eigenvalue weighted by Crippen LogP contribution is -2.00. The molecule has 1 N–H and O–H groups in total. The van der Waals surface area contributed by atoms with Crippen LogP contribution in [0.4, 0.5) is 0 Å². The summed E-state index contributed by atoms with van der Waals surface area (Å²) in [4.78, 5) is 12.9. The molecule has 0 saturated carbocycles. The summed E-state index contributed by atoms with van der Waals surface area (Å²) in [7, 11) is 0. The number of fused-ring (bicyclic) bond motifs is 2. The molecule has 0 aliphatic rings. The summed E-state index contributed by atoms with van der Waals surface area (Å²) >= 11 is 0. The normalized spacial score (nSPS) is 11.3. The summed E-state index contributed by atoms with van der Waals surface area (Å²) in [5.74, 6) is 0.244. The summed E-state index contributed by atoms with van der Waals surface area (Å²) in [6, 6.07) is 16.0. The lowest BCUT2D eigenvalue weighted by Gasteiger charge is -2.08. The van der Waals surface area contributed by atoms with E-state index in [4.69, 9.17) is 0 Å². The standard InChI is InChI=1S/C23H18N4O/c28-23-22-19(16-5-10-24-11-6-16)8-13-26-21(22)15-27(23)14-9-17-7-12-25-20-4-2-1-3-18(17)20/h1-8,10-13,15,28H,9,14H2. The molecule has 0 unspecified atom stereocenters. The average Bonchev–Trinajstić information content (AvgIpc) is 3.08. The summed E-state index contributed by atoms with van der Waals surface area (Å²) in [6.07, 6.45) is 9.83. The van der Waals surface area contributed by atoms with Crippen molar-refractivity contribution in [2.45, 2.75) is 13.0 Å². The van der Waals surface area contributed by atoms with E-state index in [0.29, 0.717) is 6.54 Å². The highest BCUT2D eigenvalue weighted by Crippen LogP contribution is 2.35. The van der Waals surface area contributed by atoms with Crippen molar-refractivity contribution in [3.63, 3.8) is 0 Å². The van der Waals surface area contributed by atoms with Crippen molar-refractivity contribution in [3.05, 3.63) is 85.1 Å². The number of pyridine rings is 3. The number of aryl methyl sites for hydroxylation is 2. The number of benzene rings is 1. The van der Waals surface area contributed by atoms with E-state index >= 15 is 0 Å². The van der Waals surface area contributed by atoms with Gasteiger partial charge in [0.25, 0.3) is 0 Å². The predicted octanol–water partition coefficient (Wildman–Crippen LogP) is 4.59. The smallest absolute Gasteiger partial charge is 0.201 e. The van der Waals surface area contributed by atoms with Crippen molar-refractivity contribution in [1.82, 2.24) is 19.5 Å². The van der Waals surface area contributed by atoms with E-state index in [2.05, 4.69) is 21.0 Å². The van der Waals surface area contributed by atoms with Gasteiger partial charge in [-0.3, -0.25) is 15.0 Å². The number of para-hydroxylation sites is 1. The first-order valence-corrected chi connectivity index (χ1v) is 9.21. The van der Waals surface area contributed by atoms with Crippen LogP contribution in [-0.4, -0.2) is 24.6 Å². The van der Waals surface area contributed by atoms with Crippen LogP contribution in [0.1, 0.15) is 5.56 Å². The largest absolute Gasteiger partial charge is 0.494 e. The van der Waals surface area contributed by atoms with Gasteiger partial charge in [0.15, 0.2) is 0 Å². The van der Waals surface area contributed by atoms with Gasteiger partial charge >= 0.3 is 0 Å². The molecule has 0 fully saturated rings. The van der Waals surface area contributed by atoms with Crippen LogP contribution >= 0.6 is 0 Å². The van der Waals surface area contributed by atoms with Crippen LogP contribution in [0.25, 0.3) is 32.9 Å². The van der Waals surface area contributed by atoms with E-state index in [0.717, 1.165) is 39.4 Å². The third-order valence-electron chi connectivity index (χ3n) is 5.11. The second-order valence-corrected chi connectivity index (χ2v) is 6.74. The Kier molecular flexibility index (Phi) is 3.98. The van der Waals surface area contributed by atoms with Crippen LogP contribution in [0.2, 0.25) is 0 Å². The minimum absolute atomic E-state index is 0.244. The molecule has 5 heteroatoms. The molecule has 4 heterocycles. The van der Waals surface area contributed by atoms with E-state index in [1.165, 1.54) is 5.56 Å². The molecule has 0 aliphatic heterocycles. The van der Waals surface area contributed by atoms with Crippen molar-refractivity contribution in [2.75, 3.05) is 0 Å². The van der Waals surface area contributed by atoms with Crippen molar-refractivity contribution in [1.29, 1.82) is 0 Å². The van der Waals surface area contributed by atoms with E-state index < -0.39 is 0 Å². The average molecular weight is 366 g/mol. The van der Waals surface area contributed by atoms with Crippen LogP contribution < -0.4 is 0 Å². The first-order chi connectivity index (χ1) is 13.8. The minimum Gasteiger partial charge on any atom is -0.494 e. The first-order valence-electron chi connectivity index (χ1n) is 9.21. The number of aromatic hydroxyl groups is 1. The highest BCUT2D eigenvalue weighted by molar-refractivity contribution is 5.98. The Balaban J connectivity index is 1.53. The number of aromatic nitrogens is 4. The number of rotatable bonds is 4. The van der Waals surface area contributed by atoms with Crippen molar-refractivity contribution in [2.24, 2.45) is 0 Å². The van der Waals surface area contributed by atoms with Gasteiger partial charge in [0, 0.05) is 42.9 Å². The Hall–Kier alpha value is -3.73. The molecule has 0 saturated heterocycles. The van der Waals surface area contributed by atoms with Crippen LogP contribution in [0.5, 0.6) is 5.88 Å². The first kappa shape index (κ1) is 16.4. The summed E-state index contributed by atoms with van der Waals surface area (Å²) < 4.78 is 1.87. The van der Waals surface area contributed by atoms with E-state index in [-0.39, 0.29) is 5.88 Å². The molecule has 0 amide bonds. The zero-order chi connectivity index (χ0) is 18.9. The fourth-order valence-electron chi connectivity index (χ4n) is 3.72. The summed E-state index contributed by atoms with van der Waals surface area (Å²) in [6.45, 7) is 0.659. The molecule has 0 radical (unpaired) electrons. The topological polar surface area (TPSA) is 63.8 Å². The highest BCUT2D eigenvalue weighted by Gasteiger charge is 2.14. The Labute approximate surface area is 162 Å². The SMILES string of the molecule is Oc1c2c(-c3ccncc3)ccnc2cn1CCc1ccnc2ccccc12. The molecule has 5 nitrogen and oxygen atoms in total. The number of hydrogen-bond acceptors (Lipinski definition) is 4. The van der Waals surface area contributed by atoms with Gasteiger partial charge in [-0.15, -0.1) is 0 Å². The van der Waals surface area contributed by atoms with Crippen molar-refractivity contribution in [3.8, 4) is 17.0 Å². The Morgan fingerprint density at radius 2 is 1.61 bits per heavy atom. The molecule has 5 rings (SSSR count). The zero-order valence-corrected chi connectivity index (χ0v) is 15.2. The maximum absolute atomic E-state index is 10.9. The molecule has 1 aromatic carbocycles. The molecular weight excluding hydrogens is 348 g/mol. The number of hydrogen-bond donors (Lipinski definition) is 1. The summed E-state index contributed by atoms with van der Waals surface area (Å²) in [5, 5.41) is 12.8. The lowest BCUT2D eigenvalue weighted by molar-refractivity contribution is 0.422. The fraction of sp³-hybridized carbons (Fsp3) is 0.0870. The van der Waals surface area contributed by atoms with Crippen LogP contribution in [-0.2, 0) is 13.0 Å². The third-order valence-corrected chi connectivity index (χ3v) is 5.11. The summed E-state index contributed by atoms with van der Waals surface area (Å²) in [5.41, 5.74) is 4.95. The van der Waals surface area contributed by atoms with Crippen LogP contribution in [0, 0.1) is 0 Å². The lowest BCUT2D eigenvalue weighted by atomic mass is 10.1. The van der Waals surface area contributed by atoms with Crippen molar-refractivity contribution < 1.29 is 5.11 Å². The van der Waals surface area contributed by atoms with Gasteiger partial charge in [-0.2, -0.15) is 0 Å². The molecule has 0 aliphatic carbocycles. The molecule has 28 heavy (non-hydrogen) atoms. The monoisotopic (exact) mass is 366 g/mol. The van der Waals surface area contributed by atoms with Gasteiger partial charge in [0.1, 0.15) is 0 Å². The van der Waals surface area contributed by atoms with E-state index in [1.54, 1.807) is 18.6 Å². The van der Waals surface area contributed by atoms with Gasteiger partial charge in [0.05, 0.1) is 16.4 Å². The Bertz CT molecular complexity index is 1270. The molecular formula is C23H18N4O. The Morgan fingerprint density at radius 3 is 2.50 bits per heavy atom. The molecule has 136 valence electrons. The fourth-order valence-corrected chi connectivity index (χ4v) is 3.72.